The molecule has 1 unspecified atom stereocenters. The molecule has 3 heterocycles. The lowest BCUT2D eigenvalue weighted by molar-refractivity contribution is -0.121. The van der Waals surface area contributed by atoms with Gasteiger partial charge in [-0.05, 0) is 77.7 Å². The maximum Gasteiger partial charge on any atom is 0.241 e. The van der Waals surface area contributed by atoms with Crippen molar-refractivity contribution >= 4 is 46.1 Å². The van der Waals surface area contributed by atoms with Crippen LogP contribution in [0.5, 0.6) is 0 Å². The normalized spacial score (nSPS) is 21.8. The third-order valence-corrected chi connectivity index (χ3v) is 8.80. The lowest BCUT2D eigenvalue weighted by Crippen LogP contribution is -2.55. The molecule has 2 saturated heterocycles. The summed E-state index contributed by atoms with van der Waals surface area (Å²) in [6, 6.07) is 7.82. The molecule has 2 aliphatic heterocycles. The number of nitrogens with one attached hydrogen (secondary N) is 2. The van der Waals surface area contributed by atoms with Gasteiger partial charge in [0.05, 0.1) is 11.7 Å². The first kappa shape index (κ1) is 29.9. The Bertz CT molecular complexity index is 1460. The highest BCUT2D eigenvalue weighted by molar-refractivity contribution is 6.32. The van der Waals surface area contributed by atoms with Gasteiger partial charge in [-0.15, -0.1) is 0 Å². The van der Waals surface area contributed by atoms with E-state index in [1.54, 1.807) is 18.2 Å². The van der Waals surface area contributed by atoms with E-state index in [4.69, 9.17) is 17.3 Å². The highest BCUT2D eigenvalue weighted by atomic mass is 35.5. The van der Waals surface area contributed by atoms with Gasteiger partial charge in [0.25, 0.3) is 0 Å². The van der Waals surface area contributed by atoms with Crippen LogP contribution in [0.1, 0.15) is 33.1 Å². The molecule has 0 saturated carbocycles. The summed E-state index contributed by atoms with van der Waals surface area (Å²) < 4.78 is 32.0. The molecule has 2 aliphatic rings. The Balaban J connectivity index is 1.50. The zero-order valence-electron chi connectivity index (χ0n) is 24.3. The molecule has 1 amide bonds. The van der Waals surface area contributed by atoms with Crippen LogP contribution in [0.4, 0.5) is 37.3 Å². The first-order valence-electron chi connectivity index (χ1n) is 14.2. The zero-order chi connectivity index (χ0) is 30.1. The van der Waals surface area contributed by atoms with Crippen molar-refractivity contribution in [3.05, 3.63) is 53.4 Å². The second-order valence-electron chi connectivity index (χ2n) is 11.3. The van der Waals surface area contributed by atoms with Gasteiger partial charge in [-0.3, -0.25) is 14.6 Å². The van der Waals surface area contributed by atoms with E-state index in [1.807, 2.05) is 11.9 Å². The van der Waals surface area contributed by atoms with Crippen molar-refractivity contribution in [2.45, 2.75) is 51.2 Å². The fraction of sp³-hybridized carbons (Fsp3) is 0.433. The van der Waals surface area contributed by atoms with Gasteiger partial charge in [0.2, 0.25) is 5.91 Å². The molecule has 0 radical (unpaired) electrons. The number of piperidine rings is 1. The molecule has 0 bridgehead atoms. The molecule has 0 aliphatic carbocycles. The summed E-state index contributed by atoms with van der Waals surface area (Å²) in [4.78, 5) is 27.3. The molecule has 2 aromatic carbocycles. The largest absolute Gasteiger partial charge is 0.393 e. The molecule has 42 heavy (non-hydrogen) atoms. The number of nitrogens with zero attached hydrogens (tertiary/aromatic N) is 5. The maximum absolute atomic E-state index is 16.5. The first-order chi connectivity index (χ1) is 20.0. The van der Waals surface area contributed by atoms with E-state index >= 15 is 8.78 Å². The van der Waals surface area contributed by atoms with Crippen molar-refractivity contribution in [2.24, 2.45) is 0 Å². The summed E-state index contributed by atoms with van der Waals surface area (Å²) in [6.45, 7) is 6.39. The molecule has 5 rings (SSSR count). The van der Waals surface area contributed by atoms with E-state index in [2.05, 4.69) is 51.3 Å². The number of hydrogen-bond acceptors (Lipinski definition) is 8. The minimum Gasteiger partial charge on any atom is -0.393 e. The minimum atomic E-state index is -0.666. The van der Waals surface area contributed by atoms with Crippen LogP contribution in [0, 0.1) is 11.6 Å². The van der Waals surface area contributed by atoms with E-state index in [-0.39, 0.29) is 57.5 Å². The Morgan fingerprint density at radius 3 is 2.45 bits per heavy atom. The van der Waals surface area contributed by atoms with Crippen LogP contribution in [0.3, 0.4) is 0 Å². The standard InChI is InChI=1S/C30H37ClF2N8O/c1-17-14-41(15-18(2)40(17)4)23-11-10-21(25(33)27(23)38-29-26(34)28(31)35-16-36-29)20-9-8-19(13-22(20)32)37-30(42)24-7-5-6-12-39(24)3/h8-11,13,16-18,24H,5-7,12,14-15,34H2,1-4H3,(H,37,42)(H,35,36,38)/t17-,18+,24?. The molecular weight excluding hydrogens is 562 g/mol. The molecule has 4 N–H and O–H groups in total. The monoisotopic (exact) mass is 598 g/mol. The van der Waals surface area contributed by atoms with Crippen molar-refractivity contribution in [1.82, 2.24) is 19.8 Å². The number of benzene rings is 2. The van der Waals surface area contributed by atoms with Crippen molar-refractivity contribution in [2.75, 3.05) is 55.0 Å². The van der Waals surface area contributed by atoms with Gasteiger partial charge >= 0.3 is 0 Å². The third-order valence-electron chi connectivity index (χ3n) is 8.50. The Labute approximate surface area is 250 Å². The van der Waals surface area contributed by atoms with Crippen molar-refractivity contribution in [3.63, 3.8) is 0 Å². The Hall–Kier alpha value is -3.54. The van der Waals surface area contributed by atoms with E-state index < -0.39 is 11.6 Å². The molecule has 0 spiro atoms. The third kappa shape index (κ3) is 5.99. The average Bonchev–Trinajstić information content (AvgIpc) is 2.95. The number of carbonyl (C=O) groups excluding carboxylic acids is 1. The molecule has 2 fully saturated rings. The Morgan fingerprint density at radius 1 is 1.05 bits per heavy atom. The second-order valence-corrected chi connectivity index (χ2v) is 11.7. The number of amides is 1. The number of piperazine rings is 1. The van der Waals surface area contributed by atoms with Gasteiger partial charge in [0.15, 0.2) is 16.8 Å². The predicted octanol–water partition coefficient (Wildman–Crippen LogP) is 5.35. The number of aromatic nitrogens is 2. The number of likely N-dealkylation sites (tertiary alicyclic amines) is 1. The predicted molar refractivity (Wildman–Crippen MR) is 164 cm³/mol. The number of likely N-dealkylation sites (N-methyl/N-ethyl adjacent to an activating group) is 2. The molecule has 224 valence electrons. The quantitative estimate of drug-likeness (QED) is 0.326. The zero-order valence-corrected chi connectivity index (χ0v) is 25.1. The van der Waals surface area contributed by atoms with Gasteiger partial charge in [0, 0.05) is 42.0 Å². The fourth-order valence-electron chi connectivity index (χ4n) is 5.79. The van der Waals surface area contributed by atoms with Gasteiger partial charge < -0.3 is 21.3 Å². The summed E-state index contributed by atoms with van der Waals surface area (Å²) in [5.41, 5.74) is 7.31. The van der Waals surface area contributed by atoms with Crippen LogP contribution >= 0.6 is 11.6 Å². The Kier molecular flexibility index (Phi) is 8.81. The van der Waals surface area contributed by atoms with Crippen LogP contribution in [-0.4, -0.2) is 77.5 Å². The highest BCUT2D eigenvalue weighted by Crippen LogP contribution is 2.40. The van der Waals surface area contributed by atoms with E-state index in [0.29, 0.717) is 24.5 Å². The van der Waals surface area contributed by atoms with Crippen LogP contribution < -0.4 is 21.3 Å². The number of nitrogens with two attached hydrogens (primary N) is 1. The van der Waals surface area contributed by atoms with Gasteiger partial charge in [-0.25, -0.2) is 18.7 Å². The summed E-state index contributed by atoms with van der Waals surface area (Å²) in [5.74, 6) is -1.36. The van der Waals surface area contributed by atoms with Crippen LogP contribution in [-0.2, 0) is 4.79 Å². The molecule has 3 atom stereocenters. The van der Waals surface area contributed by atoms with Crippen molar-refractivity contribution < 1.29 is 13.6 Å². The summed E-state index contributed by atoms with van der Waals surface area (Å²) in [7, 11) is 3.99. The minimum absolute atomic E-state index is 0.0376. The molecular formula is C30H37ClF2N8O. The number of anilines is 5. The van der Waals surface area contributed by atoms with E-state index in [1.165, 1.54) is 18.5 Å². The number of rotatable bonds is 6. The lowest BCUT2D eigenvalue weighted by Gasteiger charge is -2.44. The van der Waals surface area contributed by atoms with Crippen LogP contribution in [0.2, 0.25) is 5.15 Å². The smallest absolute Gasteiger partial charge is 0.241 e. The van der Waals surface area contributed by atoms with E-state index in [9.17, 15) is 4.79 Å². The fourth-order valence-corrected chi connectivity index (χ4v) is 5.93. The number of nitrogen functional groups attached to an aromatic ring is 1. The topological polar surface area (TPSA) is 103 Å². The molecule has 1 aromatic heterocycles. The summed E-state index contributed by atoms with van der Waals surface area (Å²) in [5, 5.41) is 5.88. The molecule has 12 heteroatoms. The number of carbonyl (C=O) groups is 1. The Morgan fingerprint density at radius 2 is 1.76 bits per heavy atom. The highest BCUT2D eigenvalue weighted by Gasteiger charge is 2.30. The SMILES string of the molecule is C[C@@H]1CN(c2ccc(-c3ccc(NC(=O)C4CCCCN4C)cc3F)c(F)c2Nc2ncnc(Cl)c2N)C[C@H](C)N1C. The van der Waals surface area contributed by atoms with Crippen LogP contribution in [0.25, 0.3) is 11.1 Å². The second kappa shape index (κ2) is 12.4. The average molecular weight is 599 g/mol. The summed E-state index contributed by atoms with van der Waals surface area (Å²) in [6.07, 6.45) is 4.01. The summed E-state index contributed by atoms with van der Waals surface area (Å²) >= 11 is 6.11. The number of hydrogen-bond donors (Lipinski definition) is 3. The van der Waals surface area contributed by atoms with Gasteiger partial charge in [-0.2, -0.15) is 0 Å². The first-order valence-corrected chi connectivity index (χ1v) is 14.6. The van der Waals surface area contributed by atoms with Crippen LogP contribution in [0.15, 0.2) is 36.7 Å². The van der Waals surface area contributed by atoms with Crippen molar-refractivity contribution in [3.8, 4) is 11.1 Å². The van der Waals surface area contributed by atoms with Crippen molar-refractivity contribution in [1.29, 1.82) is 0 Å². The lowest BCUT2D eigenvalue weighted by atomic mass is 10.00. The van der Waals surface area contributed by atoms with E-state index in [0.717, 1.165) is 25.8 Å². The maximum atomic E-state index is 16.5. The van der Waals surface area contributed by atoms with Gasteiger partial charge in [0.1, 0.15) is 23.5 Å². The number of halogens is 3. The van der Waals surface area contributed by atoms with Gasteiger partial charge in [-0.1, -0.05) is 18.0 Å². The molecule has 9 nitrogen and oxygen atoms in total. The molecule has 3 aromatic rings.